The summed E-state index contributed by atoms with van der Waals surface area (Å²) in [5.74, 6) is -0.706. The highest BCUT2D eigenvalue weighted by atomic mass is 16.6. The van der Waals surface area contributed by atoms with Crippen LogP contribution in [0.5, 0.6) is 0 Å². The molecule has 1 aromatic carbocycles. The van der Waals surface area contributed by atoms with Crippen molar-refractivity contribution in [3.8, 4) is 0 Å². The minimum Gasteiger partial charge on any atom is -0.449 e. The lowest BCUT2D eigenvalue weighted by molar-refractivity contribution is -0.138. The summed E-state index contributed by atoms with van der Waals surface area (Å²) in [6.45, 7) is 3.27. The third-order valence-corrected chi connectivity index (χ3v) is 4.22. The number of rotatable bonds is 5. The van der Waals surface area contributed by atoms with E-state index >= 15 is 0 Å². The van der Waals surface area contributed by atoms with Gasteiger partial charge >= 0.3 is 5.97 Å². The minimum absolute atomic E-state index is 0.0964. The lowest BCUT2D eigenvalue weighted by Crippen LogP contribution is -2.38. The number of likely N-dealkylation sites (tertiary alicyclic amines) is 1. The molecule has 1 aromatic heterocycles. The topological polar surface area (TPSA) is 69.0 Å². The second-order valence-electron chi connectivity index (χ2n) is 5.92. The van der Waals surface area contributed by atoms with Gasteiger partial charge in [0.2, 0.25) is 5.76 Å². The Balaban J connectivity index is 1.80. The van der Waals surface area contributed by atoms with E-state index in [-0.39, 0.29) is 18.3 Å². The van der Waals surface area contributed by atoms with Crippen molar-refractivity contribution < 1.29 is 23.5 Å². The third-order valence-electron chi connectivity index (χ3n) is 4.22. The second-order valence-corrected chi connectivity index (χ2v) is 5.92. The van der Waals surface area contributed by atoms with Gasteiger partial charge in [-0.1, -0.05) is 18.2 Å². The van der Waals surface area contributed by atoms with Gasteiger partial charge in [-0.3, -0.25) is 4.79 Å². The molecule has 6 heteroatoms. The fourth-order valence-corrected chi connectivity index (χ4v) is 3.01. The molecule has 0 aliphatic carbocycles. The van der Waals surface area contributed by atoms with Crippen LogP contribution in [0.1, 0.15) is 35.9 Å². The molecule has 6 nitrogen and oxygen atoms in total. The third kappa shape index (κ3) is 3.14. The van der Waals surface area contributed by atoms with Gasteiger partial charge in [-0.05, 0) is 25.8 Å². The first-order valence-corrected chi connectivity index (χ1v) is 8.11. The van der Waals surface area contributed by atoms with Crippen molar-refractivity contribution in [3.05, 3.63) is 35.6 Å². The summed E-state index contributed by atoms with van der Waals surface area (Å²) >= 11 is 0. The second kappa shape index (κ2) is 7.05. The van der Waals surface area contributed by atoms with Crippen LogP contribution in [0.25, 0.3) is 11.0 Å². The van der Waals surface area contributed by atoms with Crippen LogP contribution < -0.4 is 0 Å². The van der Waals surface area contributed by atoms with Crippen molar-refractivity contribution in [2.45, 2.75) is 32.5 Å². The number of carbonyl (C=O) groups excluding carboxylic acids is 2. The van der Waals surface area contributed by atoms with Gasteiger partial charge in [-0.15, -0.1) is 0 Å². The summed E-state index contributed by atoms with van der Waals surface area (Å²) in [5, 5.41) is 0.810. The number of methoxy groups -OCH3 is 1. The summed E-state index contributed by atoms with van der Waals surface area (Å²) in [6.07, 6.45) is 1.15. The number of hydrogen-bond acceptors (Lipinski definition) is 5. The maximum Gasteiger partial charge on any atom is 0.375 e. The molecule has 2 heterocycles. The number of para-hydroxylation sites is 1. The Morgan fingerprint density at radius 3 is 2.67 bits per heavy atom. The molecule has 1 amide bonds. The summed E-state index contributed by atoms with van der Waals surface area (Å²) in [7, 11) is 1.55. The molecule has 0 saturated carbocycles. The van der Waals surface area contributed by atoms with E-state index in [2.05, 4.69) is 0 Å². The average molecular weight is 331 g/mol. The van der Waals surface area contributed by atoms with Gasteiger partial charge in [0.05, 0.1) is 6.61 Å². The normalized spacial score (nSPS) is 15.7. The zero-order valence-electron chi connectivity index (χ0n) is 13.9. The molecule has 24 heavy (non-hydrogen) atoms. The molecule has 0 spiro atoms. The van der Waals surface area contributed by atoms with Gasteiger partial charge < -0.3 is 18.8 Å². The van der Waals surface area contributed by atoms with Gasteiger partial charge in [0.25, 0.3) is 5.91 Å². The van der Waals surface area contributed by atoms with Crippen molar-refractivity contribution in [3.63, 3.8) is 0 Å². The van der Waals surface area contributed by atoms with Crippen LogP contribution in [0.3, 0.4) is 0 Å². The number of fused-ring (bicyclic) bond motifs is 1. The molecule has 0 bridgehead atoms. The average Bonchev–Trinajstić information content (AvgIpc) is 3.23. The summed E-state index contributed by atoms with van der Waals surface area (Å²) in [6, 6.07) is 7.34. The molecule has 0 N–H and O–H groups in total. The number of amides is 1. The van der Waals surface area contributed by atoms with E-state index < -0.39 is 12.1 Å². The van der Waals surface area contributed by atoms with Crippen LogP contribution in [-0.2, 0) is 20.9 Å². The number of esters is 1. The first-order valence-electron chi connectivity index (χ1n) is 8.11. The van der Waals surface area contributed by atoms with E-state index in [4.69, 9.17) is 13.9 Å². The van der Waals surface area contributed by atoms with Crippen molar-refractivity contribution in [1.82, 2.24) is 4.90 Å². The quantitative estimate of drug-likeness (QED) is 0.788. The zero-order chi connectivity index (χ0) is 17.1. The van der Waals surface area contributed by atoms with Gasteiger partial charge in [-0.25, -0.2) is 4.79 Å². The SMILES string of the molecule is COCc1c(C(=O)OC(C)C(=O)N2CCCC2)oc2ccccc12. The smallest absolute Gasteiger partial charge is 0.375 e. The molecular weight excluding hydrogens is 310 g/mol. The van der Waals surface area contributed by atoms with E-state index in [9.17, 15) is 9.59 Å². The molecule has 1 saturated heterocycles. The Labute approximate surface area is 140 Å². The van der Waals surface area contributed by atoms with Gasteiger partial charge in [0.1, 0.15) is 5.58 Å². The highest BCUT2D eigenvalue weighted by Gasteiger charge is 2.29. The van der Waals surface area contributed by atoms with Crippen molar-refractivity contribution in [1.29, 1.82) is 0 Å². The Kier molecular flexibility index (Phi) is 4.85. The van der Waals surface area contributed by atoms with Crippen molar-refractivity contribution in [2.75, 3.05) is 20.2 Å². The molecular formula is C18H21NO5. The number of carbonyl (C=O) groups is 2. The molecule has 3 rings (SSSR count). The van der Waals surface area contributed by atoms with Gasteiger partial charge in [0, 0.05) is 31.1 Å². The number of nitrogens with zero attached hydrogens (tertiary/aromatic N) is 1. The monoisotopic (exact) mass is 331 g/mol. The molecule has 1 atom stereocenters. The lowest BCUT2D eigenvalue weighted by Gasteiger charge is -2.20. The number of hydrogen-bond donors (Lipinski definition) is 0. The Hall–Kier alpha value is -2.34. The highest BCUT2D eigenvalue weighted by molar-refractivity contribution is 5.97. The van der Waals surface area contributed by atoms with E-state index in [0.29, 0.717) is 11.1 Å². The van der Waals surface area contributed by atoms with Crippen LogP contribution in [0.15, 0.2) is 28.7 Å². The summed E-state index contributed by atoms with van der Waals surface area (Å²) < 4.78 is 16.2. The Morgan fingerprint density at radius 1 is 1.25 bits per heavy atom. The van der Waals surface area contributed by atoms with Crippen LogP contribution in [0.2, 0.25) is 0 Å². The number of benzene rings is 1. The molecule has 0 radical (unpaired) electrons. The summed E-state index contributed by atoms with van der Waals surface area (Å²) in [5.41, 5.74) is 1.23. The molecule has 1 aliphatic rings. The number of ether oxygens (including phenoxy) is 2. The van der Waals surface area contributed by atoms with Gasteiger partial charge in [0.15, 0.2) is 6.10 Å². The molecule has 2 aromatic rings. The lowest BCUT2D eigenvalue weighted by atomic mass is 10.1. The van der Waals surface area contributed by atoms with Crippen LogP contribution in [0.4, 0.5) is 0 Å². The van der Waals surface area contributed by atoms with Crippen molar-refractivity contribution in [2.24, 2.45) is 0 Å². The molecule has 1 fully saturated rings. The maximum absolute atomic E-state index is 12.5. The summed E-state index contributed by atoms with van der Waals surface area (Å²) in [4.78, 5) is 26.5. The maximum atomic E-state index is 12.5. The van der Waals surface area contributed by atoms with E-state index in [1.165, 1.54) is 0 Å². The molecule has 1 unspecified atom stereocenters. The first kappa shape index (κ1) is 16.5. The Morgan fingerprint density at radius 2 is 1.96 bits per heavy atom. The molecule has 128 valence electrons. The van der Waals surface area contributed by atoms with E-state index in [1.54, 1.807) is 25.0 Å². The standard InChI is InChI=1S/C18H21NO5/c1-12(17(20)19-9-5-6-10-19)23-18(21)16-14(11-22-2)13-7-3-4-8-15(13)24-16/h3-4,7-8,12H,5-6,9-11H2,1-2H3. The predicted octanol–water partition coefficient (Wildman–Crippen LogP) is 2.75. The van der Waals surface area contributed by atoms with Crippen LogP contribution in [0, 0.1) is 0 Å². The highest BCUT2D eigenvalue weighted by Crippen LogP contribution is 2.27. The zero-order valence-corrected chi connectivity index (χ0v) is 13.9. The molecule has 1 aliphatic heterocycles. The van der Waals surface area contributed by atoms with Crippen LogP contribution >= 0.6 is 0 Å². The van der Waals surface area contributed by atoms with Crippen LogP contribution in [-0.4, -0.2) is 43.1 Å². The number of furan rings is 1. The minimum atomic E-state index is -0.834. The predicted molar refractivity (Wildman–Crippen MR) is 87.6 cm³/mol. The largest absolute Gasteiger partial charge is 0.449 e. The van der Waals surface area contributed by atoms with E-state index in [1.807, 2.05) is 18.2 Å². The van der Waals surface area contributed by atoms with Crippen molar-refractivity contribution >= 4 is 22.8 Å². The van der Waals surface area contributed by atoms with Gasteiger partial charge in [-0.2, -0.15) is 0 Å². The van der Waals surface area contributed by atoms with E-state index in [0.717, 1.165) is 31.3 Å². The fraction of sp³-hybridized carbons (Fsp3) is 0.444. The fourth-order valence-electron chi connectivity index (χ4n) is 3.01. The first-order chi connectivity index (χ1) is 11.6. The Bertz CT molecular complexity index is 745.